The normalized spacial score (nSPS) is 23.8. The van der Waals surface area contributed by atoms with Crippen LogP contribution in [0.15, 0.2) is 29.2 Å². The fourth-order valence-corrected chi connectivity index (χ4v) is 3.29. The van der Waals surface area contributed by atoms with E-state index < -0.39 is 16.3 Å². The first-order chi connectivity index (χ1) is 9.74. The van der Waals surface area contributed by atoms with Crippen LogP contribution >= 0.6 is 0 Å². The van der Waals surface area contributed by atoms with Crippen molar-refractivity contribution < 1.29 is 11.2 Å². The highest BCUT2D eigenvalue weighted by Crippen LogP contribution is 2.28. The summed E-state index contributed by atoms with van der Waals surface area (Å²) in [6.45, 7) is 1.98. The SMILES string of the molecule is [2H]C([2H])(CC)N1CCC[C@H](c2cccc(S(C)(=O)=O)c2)C1. The van der Waals surface area contributed by atoms with Gasteiger partial charge in [0.15, 0.2) is 9.84 Å². The summed E-state index contributed by atoms with van der Waals surface area (Å²) in [4.78, 5) is 2.23. The zero-order valence-corrected chi connectivity index (χ0v) is 12.4. The third-order valence-electron chi connectivity index (χ3n) is 3.56. The number of hydrogen-bond donors (Lipinski definition) is 0. The number of piperidine rings is 1. The van der Waals surface area contributed by atoms with E-state index in [1.54, 1.807) is 18.2 Å². The van der Waals surface area contributed by atoms with Gasteiger partial charge in [-0.2, -0.15) is 0 Å². The molecule has 0 radical (unpaired) electrons. The third kappa shape index (κ3) is 3.80. The van der Waals surface area contributed by atoms with Crippen LogP contribution in [0.3, 0.4) is 0 Å². The molecule has 1 heterocycles. The lowest BCUT2D eigenvalue weighted by Gasteiger charge is -2.32. The van der Waals surface area contributed by atoms with Crippen LogP contribution in [0.25, 0.3) is 0 Å². The van der Waals surface area contributed by atoms with Crippen molar-refractivity contribution in [2.45, 2.75) is 37.0 Å². The zero-order valence-electron chi connectivity index (χ0n) is 13.6. The smallest absolute Gasteiger partial charge is 0.175 e. The van der Waals surface area contributed by atoms with Crippen LogP contribution in [0.1, 0.15) is 40.4 Å². The highest BCUT2D eigenvalue weighted by atomic mass is 32.2. The van der Waals surface area contributed by atoms with E-state index >= 15 is 0 Å². The van der Waals surface area contributed by atoms with Gasteiger partial charge >= 0.3 is 0 Å². The molecule has 0 saturated carbocycles. The third-order valence-corrected chi connectivity index (χ3v) is 4.67. The Morgan fingerprint density at radius 3 is 2.95 bits per heavy atom. The van der Waals surface area contributed by atoms with Crippen LogP contribution in [0.5, 0.6) is 0 Å². The molecular formula is C15H23NO2S. The standard InChI is InChI=1S/C15H23NO2S/c1-3-9-16-10-5-7-14(12-16)13-6-4-8-15(11-13)19(2,17)18/h4,6,8,11,14H,3,5,7,9-10,12H2,1-2H3/t14-/m0/s1/i9D2. The van der Waals surface area contributed by atoms with Gasteiger partial charge in [-0.25, -0.2) is 8.42 Å². The Balaban J connectivity index is 2.22. The van der Waals surface area contributed by atoms with Gasteiger partial charge in [0, 0.05) is 15.5 Å². The second kappa shape index (κ2) is 6.06. The molecule has 1 aromatic carbocycles. The van der Waals surface area contributed by atoms with Gasteiger partial charge in [0.2, 0.25) is 0 Å². The Bertz CT molecular complexity index is 601. The molecule has 1 atom stereocenters. The van der Waals surface area contributed by atoms with Gasteiger partial charge in [0.05, 0.1) is 4.90 Å². The Hall–Kier alpha value is -0.870. The van der Waals surface area contributed by atoms with Crippen molar-refractivity contribution in [2.75, 3.05) is 25.8 Å². The maximum absolute atomic E-state index is 11.7. The van der Waals surface area contributed by atoms with Crippen LogP contribution in [0, 0.1) is 0 Å². The van der Waals surface area contributed by atoms with Gasteiger partial charge in [0.25, 0.3) is 0 Å². The van der Waals surface area contributed by atoms with E-state index in [1.807, 2.05) is 17.9 Å². The minimum Gasteiger partial charge on any atom is -0.303 e. The second-order valence-corrected chi connectivity index (χ2v) is 7.16. The van der Waals surface area contributed by atoms with Crippen LogP contribution < -0.4 is 0 Å². The van der Waals surface area contributed by atoms with Crippen molar-refractivity contribution in [1.82, 2.24) is 4.90 Å². The van der Waals surface area contributed by atoms with Gasteiger partial charge in [-0.05, 0) is 55.9 Å². The summed E-state index contributed by atoms with van der Waals surface area (Å²) in [6.07, 6.45) is 3.59. The molecule has 4 heteroatoms. The molecular weight excluding hydrogens is 258 g/mol. The topological polar surface area (TPSA) is 37.4 Å². The van der Waals surface area contributed by atoms with Gasteiger partial charge < -0.3 is 4.90 Å². The molecule has 1 aliphatic heterocycles. The van der Waals surface area contributed by atoms with Crippen molar-refractivity contribution in [1.29, 1.82) is 0 Å². The van der Waals surface area contributed by atoms with Crippen molar-refractivity contribution in [3.63, 3.8) is 0 Å². The Morgan fingerprint density at radius 1 is 1.47 bits per heavy atom. The van der Waals surface area contributed by atoms with E-state index in [2.05, 4.69) is 0 Å². The van der Waals surface area contributed by atoms with Crippen LogP contribution in [0.2, 0.25) is 0 Å². The Labute approximate surface area is 119 Å². The van der Waals surface area contributed by atoms with Crippen LogP contribution in [-0.4, -0.2) is 39.2 Å². The summed E-state index contributed by atoms with van der Waals surface area (Å²) < 4.78 is 39.5. The number of rotatable bonds is 4. The molecule has 1 saturated heterocycles. The first-order valence-corrected chi connectivity index (χ1v) is 8.68. The summed E-state index contributed by atoms with van der Waals surface area (Å²) in [5, 5.41) is 0. The molecule has 0 bridgehead atoms. The lowest BCUT2D eigenvalue weighted by atomic mass is 9.90. The maximum Gasteiger partial charge on any atom is 0.175 e. The van der Waals surface area contributed by atoms with Gasteiger partial charge in [-0.15, -0.1) is 0 Å². The Kier molecular flexibility index (Phi) is 3.80. The van der Waals surface area contributed by atoms with E-state index in [0.29, 0.717) is 17.9 Å². The predicted octanol–water partition coefficient (Wildman–Crippen LogP) is 2.68. The molecule has 0 aliphatic carbocycles. The van der Waals surface area contributed by atoms with Gasteiger partial charge in [-0.1, -0.05) is 19.1 Å². The van der Waals surface area contributed by atoms with E-state index in [1.165, 1.54) is 6.26 Å². The summed E-state index contributed by atoms with van der Waals surface area (Å²) in [5.74, 6) is 0.196. The molecule has 0 aromatic heterocycles. The van der Waals surface area contributed by atoms with E-state index in [-0.39, 0.29) is 5.92 Å². The quantitative estimate of drug-likeness (QED) is 0.852. The summed E-state index contributed by atoms with van der Waals surface area (Å²) >= 11 is 0. The average Bonchev–Trinajstić information content (AvgIpc) is 2.47. The van der Waals surface area contributed by atoms with Crippen LogP contribution in [0.4, 0.5) is 0 Å². The maximum atomic E-state index is 11.7. The van der Waals surface area contributed by atoms with Crippen molar-refractivity contribution in [3.05, 3.63) is 29.8 Å². The number of likely N-dealkylation sites (tertiary alicyclic amines) is 1. The average molecular weight is 283 g/mol. The summed E-state index contributed by atoms with van der Waals surface area (Å²) in [5.41, 5.74) is 0.995. The zero-order chi connectivity index (χ0) is 15.7. The number of hydrogen-bond acceptors (Lipinski definition) is 3. The minimum absolute atomic E-state index is 0.196. The first-order valence-electron chi connectivity index (χ1n) is 7.79. The molecule has 0 unspecified atom stereocenters. The highest BCUT2D eigenvalue weighted by molar-refractivity contribution is 7.90. The largest absolute Gasteiger partial charge is 0.303 e. The summed E-state index contributed by atoms with van der Waals surface area (Å²) in [7, 11) is -3.20. The molecule has 0 N–H and O–H groups in total. The first kappa shape index (κ1) is 11.9. The van der Waals surface area contributed by atoms with Gasteiger partial charge in [0.1, 0.15) is 0 Å². The predicted molar refractivity (Wildman–Crippen MR) is 78.3 cm³/mol. The van der Waals surface area contributed by atoms with E-state index in [4.69, 9.17) is 2.74 Å². The fraction of sp³-hybridized carbons (Fsp3) is 0.600. The molecule has 1 aliphatic rings. The molecule has 19 heavy (non-hydrogen) atoms. The van der Waals surface area contributed by atoms with Crippen molar-refractivity contribution >= 4 is 9.84 Å². The van der Waals surface area contributed by atoms with Crippen LogP contribution in [-0.2, 0) is 9.84 Å². The number of nitrogens with zero attached hydrogens (tertiary/aromatic N) is 1. The number of sulfone groups is 1. The molecule has 3 nitrogen and oxygen atoms in total. The molecule has 1 aromatic rings. The van der Waals surface area contributed by atoms with E-state index in [0.717, 1.165) is 24.9 Å². The molecule has 2 rings (SSSR count). The lowest BCUT2D eigenvalue weighted by Crippen LogP contribution is -2.34. The lowest BCUT2D eigenvalue weighted by molar-refractivity contribution is 0.208. The minimum atomic E-state index is -3.20. The molecule has 106 valence electrons. The highest BCUT2D eigenvalue weighted by Gasteiger charge is 2.21. The monoisotopic (exact) mass is 283 g/mol. The number of benzene rings is 1. The van der Waals surface area contributed by atoms with Crippen molar-refractivity contribution in [2.24, 2.45) is 0 Å². The van der Waals surface area contributed by atoms with Crippen molar-refractivity contribution in [3.8, 4) is 0 Å². The summed E-state index contributed by atoms with van der Waals surface area (Å²) in [6, 6.07) is 7.08. The fourth-order valence-electron chi connectivity index (χ4n) is 2.62. The molecule has 1 fully saturated rings. The second-order valence-electron chi connectivity index (χ2n) is 5.14. The Morgan fingerprint density at radius 2 is 2.26 bits per heavy atom. The molecule has 0 amide bonds. The molecule has 0 spiro atoms. The van der Waals surface area contributed by atoms with Gasteiger partial charge in [-0.3, -0.25) is 0 Å². The van der Waals surface area contributed by atoms with E-state index in [9.17, 15) is 8.42 Å².